The fourth-order valence-corrected chi connectivity index (χ4v) is 3.53. The summed E-state index contributed by atoms with van der Waals surface area (Å²) < 4.78 is 10.6. The van der Waals surface area contributed by atoms with E-state index in [1.807, 2.05) is 0 Å². The Bertz CT molecular complexity index is 1020. The molecule has 0 unspecified atom stereocenters. The fourth-order valence-electron chi connectivity index (χ4n) is 3.04. The van der Waals surface area contributed by atoms with Crippen molar-refractivity contribution < 1.29 is 23.9 Å². The van der Waals surface area contributed by atoms with Crippen molar-refractivity contribution in [1.82, 2.24) is 5.32 Å². The van der Waals surface area contributed by atoms with Gasteiger partial charge in [0.05, 0.1) is 28.7 Å². The Kier molecular flexibility index (Phi) is 9.73. The van der Waals surface area contributed by atoms with Gasteiger partial charge in [0.15, 0.2) is 5.78 Å². The number of hydrogen-bond acceptors (Lipinski definition) is 7. The number of ketones is 1. The first kappa shape index (κ1) is 27.4. The molecule has 34 heavy (non-hydrogen) atoms. The molecule has 0 bridgehead atoms. The molecule has 0 aliphatic rings. The Morgan fingerprint density at radius 3 is 2.24 bits per heavy atom. The van der Waals surface area contributed by atoms with Gasteiger partial charge in [-0.2, -0.15) is 0 Å². The zero-order valence-corrected chi connectivity index (χ0v) is 21.0. The number of carbonyl (C=O) groups excluding carboxylic acids is 3. The van der Waals surface area contributed by atoms with Crippen LogP contribution in [0, 0.1) is 0 Å². The standard InChI is InChI=1S/C24H29Cl2N3O5/c1-14(21(19(30)13-27)29-23(32)34-24(2,3)4)33-20(31)12-15-8-5-6-11-18(15)28-22-16(25)9-7-10-17(22)26/h5-11,14,21,28H,12-13,27H2,1-4H3,(H,29,32)/t14-,21+/m1/s1. The maximum atomic E-state index is 12.7. The van der Waals surface area contributed by atoms with Crippen LogP contribution in [0.2, 0.25) is 10.0 Å². The van der Waals surface area contributed by atoms with Crippen LogP contribution in [0.4, 0.5) is 16.2 Å². The van der Waals surface area contributed by atoms with Crippen molar-refractivity contribution in [1.29, 1.82) is 0 Å². The number of carbonyl (C=O) groups is 3. The topological polar surface area (TPSA) is 120 Å². The van der Waals surface area contributed by atoms with E-state index in [0.717, 1.165) is 0 Å². The summed E-state index contributed by atoms with van der Waals surface area (Å²) in [6.07, 6.45) is -1.89. The van der Waals surface area contributed by atoms with Crippen LogP contribution in [0.3, 0.4) is 0 Å². The number of para-hydroxylation sites is 2. The summed E-state index contributed by atoms with van der Waals surface area (Å²) in [7, 11) is 0. The third-order valence-corrected chi connectivity index (χ3v) is 5.21. The van der Waals surface area contributed by atoms with Gasteiger partial charge in [0.25, 0.3) is 0 Å². The third-order valence-electron chi connectivity index (χ3n) is 4.58. The number of Topliss-reactive ketones (excluding diaryl/α,β-unsaturated/α-hetero) is 1. The number of nitrogens with one attached hydrogen (secondary N) is 2. The fraction of sp³-hybridized carbons (Fsp3) is 0.375. The maximum absolute atomic E-state index is 12.7. The van der Waals surface area contributed by atoms with Crippen molar-refractivity contribution in [2.45, 2.75) is 51.9 Å². The molecule has 4 N–H and O–H groups in total. The Balaban J connectivity index is 2.12. The van der Waals surface area contributed by atoms with E-state index < -0.39 is 35.6 Å². The van der Waals surface area contributed by atoms with Gasteiger partial charge in [-0.1, -0.05) is 47.5 Å². The SMILES string of the molecule is C[C@@H](OC(=O)Cc1ccccc1Nc1c(Cl)cccc1Cl)[C@H](NC(=O)OC(C)(C)C)C(=O)CN. The average Bonchev–Trinajstić information content (AvgIpc) is 2.74. The number of amides is 1. The average molecular weight is 510 g/mol. The van der Waals surface area contributed by atoms with Gasteiger partial charge in [0, 0.05) is 5.69 Å². The minimum atomic E-state index is -1.15. The van der Waals surface area contributed by atoms with Crippen LogP contribution in [-0.4, -0.2) is 42.1 Å². The number of ether oxygens (including phenoxy) is 2. The Hall–Kier alpha value is -2.81. The maximum Gasteiger partial charge on any atom is 0.408 e. The molecule has 0 saturated carbocycles. The van der Waals surface area contributed by atoms with Gasteiger partial charge < -0.3 is 25.8 Å². The number of anilines is 2. The minimum Gasteiger partial charge on any atom is -0.460 e. The van der Waals surface area contributed by atoms with Crippen molar-refractivity contribution in [2.24, 2.45) is 5.73 Å². The van der Waals surface area contributed by atoms with Crippen LogP contribution in [0.5, 0.6) is 0 Å². The lowest BCUT2D eigenvalue weighted by Crippen LogP contribution is -2.52. The second-order valence-electron chi connectivity index (χ2n) is 8.54. The van der Waals surface area contributed by atoms with E-state index in [9.17, 15) is 14.4 Å². The van der Waals surface area contributed by atoms with Crippen LogP contribution in [0.25, 0.3) is 0 Å². The highest BCUT2D eigenvalue weighted by Crippen LogP contribution is 2.33. The molecule has 2 aromatic rings. The van der Waals surface area contributed by atoms with Crippen LogP contribution in [0.1, 0.15) is 33.3 Å². The number of alkyl carbamates (subject to hydrolysis) is 1. The third kappa shape index (κ3) is 8.20. The Morgan fingerprint density at radius 1 is 1.03 bits per heavy atom. The number of hydrogen-bond donors (Lipinski definition) is 3. The van der Waals surface area contributed by atoms with Crippen LogP contribution in [-0.2, 0) is 25.5 Å². The molecular weight excluding hydrogens is 481 g/mol. The van der Waals surface area contributed by atoms with Gasteiger partial charge in [-0.05, 0) is 51.5 Å². The van der Waals surface area contributed by atoms with Crippen LogP contribution in [0.15, 0.2) is 42.5 Å². The van der Waals surface area contributed by atoms with E-state index in [1.165, 1.54) is 6.92 Å². The van der Waals surface area contributed by atoms with Gasteiger partial charge in [0.2, 0.25) is 0 Å². The molecule has 2 atom stereocenters. The molecular formula is C24H29Cl2N3O5. The second-order valence-corrected chi connectivity index (χ2v) is 9.36. The zero-order chi connectivity index (χ0) is 25.5. The molecule has 8 nitrogen and oxygen atoms in total. The zero-order valence-electron chi connectivity index (χ0n) is 19.5. The van der Waals surface area contributed by atoms with Gasteiger partial charge in [-0.25, -0.2) is 4.79 Å². The predicted molar refractivity (Wildman–Crippen MR) is 133 cm³/mol. The molecule has 0 saturated heterocycles. The molecule has 0 fully saturated rings. The first-order valence-corrected chi connectivity index (χ1v) is 11.4. The normalized spacial score (nSPS) is 12.9. The first-order valence-electron chi connectivity index (χ1n) is 10.6. The molecule has 1 amide bonds. The molecule has 0 aliphatic carbocycles. The summed E-state index contributed by atoms with van der Waals surface area (Å²) >= 11 is 12.5. The highest BCUT2D eigenvalue weighted by atomic mass is 35.5. The summed E-state index contributed by atoms with van der Waals surface area (Å²) in [5.74, 6) is -1.10. The van der Waals surface area contributed by atoms with Gasteiger partial charge in [-0.3, -0.25) is 9.59 Å². The number of esters is 1. The second kappa shape index (κ2) is 12.1. The predicted octanol–water partition coefficient (Wildman–Crippen LogP) is 4.63. The van der Waals surface area contributed by atoms with E-state index in [-0.39, 0.29) is 13.0 Å². The van der Waals surface area contributed by atoms with E-state index in [1.54, 1.807) is 63.2 Å². The largest absolute Gasteiger partial charge is 0.460 e. The molecule has 2 rings (SSSR count). The number of halogens is 2. The molecule has 0 heterocycles. The molecule has 0 aliphatic heterocycles. The lowest BCUT2D eigenvalue weighted by atomic mass is 10.1. The molecule has 2 aromatic carbocycles. The number of nitrogens with two attached hydrogens (primary N) is 1. The highest BCUT2D eigenvalue weighted by molar-refractivity contribution is 6.39. The number of benzene rings is 2. The van der Waals surface area contributed by atoms with Gasteiger partial charge in [0.1, 0.15) is 17.7 Å². The van der Waals surface area contributed by atoms with Crippen molar-refractivity contribution in [3.05, 3.63) is 58.1 Å². The molecule has 0 radical (unpaired) electrons. The summed E-state index contributed by atoms with van der Waals surface area (Å²) in [4.78, 5) is 37.1. The van der Waals surface area contributed by atoms with E-state index in [4.69, 9.17) is 38.4 Å². The van der Waals surface area contributed by atoms with Crippen LogP contribution >= 0.6 is 23.2 Å². The highest BCUT2D eigenvalue weighted by Gasteiger charge is 2.30. The lowest BCUT2D eigenvalue weighted by Gasteiger charge is -2.26. The van der Waals surface area contributed by atoms with E-state index in [0.29, 0.717) is 27.0 Å². The smallest absolute Gasteiger partial charge is 0.408 e. The Labute approximate surface area is 209 Å². The molecule has 0 spiro atoms. The van der Waals surface area contributed by atoms with Crippen molar-refractivity contribution >= 4 is 52.4 Å². The van der Waals surface area contributed by atoms with Gasteiger partial charge >= 0.3 is 12.1 Å². The van der Waals surface area contributed by atoms with E-state index in [2.05, 4.69) is 10.6 Å². The molecule has 10 heteroatoms. The first-order chi connectivity index (χ1) is 15.9. The lowest BCUT2D eigenvalue weighted by molar-refractivity contribution is -0.150. The van der Waals surface area contributed by atoms with Gasteiger partial charge in [-0.15, -0.1) is 0 Å². The monoisotopic (exact) mass is 509 g/mol. The summed E-state index contributed by atoms with van der Waals surface area (Å²) in [5, 5.41) is 6.44. The quantitative estimate of drug-likeness (QED) is 0.421. The van der Waals surface area contributed by atoms with Crippen molar-refractivity contribution in [3.63, 3.8) is 0 Å². The van der Waals surface area contributed by atoms with Crippen LogP contribution < -0.4 is 16.4 Å². The molecule has 184 valence electrons. The van der Waals surface area contributed by atoms with E-state index >= 15 is 0 Å². The minimum absolute atomic E-state index is 0.106. The number of rotatable bonds is 9. The summed E-state index contributed by atoms with van der Waals surface area (Å²) in [5.41, 5.74) is 6.46. The summed E-state index contributed by atoms with van der Waals surface area (Å²) in [6, 6.07) is 11.1. The summed E-state index contributed by atoms with van der Waals surface area (Å²) in [6.45, 7) is 6.24. The van der Waals surface area contributed by atoms with Crippen molar-refractivity contribution in [3.8, 4) is 0 Å². The Morgan fingerprint density at radius 2 is 1.65 bits per heavy atom. The molecule has 0 aromatic heterocycles. The van der Waals surface area contributed by atoms with Crippen molar-refractivity contribution in [2.75, 3.05) is 11.9 Å².